The fourth-order valence-electron chi connectivity index (χ4n) is 1.91. The highest BCUT2D eigenvalue weighted by atomic mass is 32.2. The summed E-state index contributed by atoms with van der Waals surface area (Å²) in [6, 6.07) is 4.36. The lowest BCUT2D eigenvalue weighted by Crippen LogP contribution is -2.29. The van der Waals surface area contributed by atoms with Crippen LogP contribution in [0.1, 0.15) is 20.3 Å². The molecule has 1 unspecified atom stereocenters. The molecule has 0 radical (unpaired) electrons. The quantitative estimate of drug-likeness (QED) is 0.785. The Bertz CT molecular complexity index is 622. The zero-order valence-corrected chi connectivity index (χ0v) is 12.8. The SMILES string of the molecule is CCOC(=O)C(C)S(=O)(=O)c1ccc2c(c1)OCCCO2. The minimum absolute atomic E-state index is 0.0207. The van der Waals surface area contributed by atoms with Crippen LogP contribution in [0, 0.1) is 0 Å². The summed E-state index contributed by atoms with van der Waals surface area (Å²) in [6.45, 7) is 4.07. The van der Waals surface area contributed by atoms with Crippen LogP contribution in [0.5, 0.6) is 11.5 Å². The predicted octanol–water partition coefficient (Wildman–Crippen LogP) is 1.57. The Kier molecular flexibility index (Phi) is 4.72. The van der Waals surface area contributed by atoms with Crippen LogP contribution in [0.4, 0.5) is 0 Å². The first-order valence-corrected chi connectivity index (χ1v) is 8.31. The van der Waals surface area contributed by atoms with Crippen LogP contribution >= 0.6 is 0 Å². The molecule has 7 heteroatoms. The average Bonchev–Trinajstić information content (AvgIpc) is 2.71. The molecule has 6 nitrogen and oxygen atoms in total. The summed E-state index contributed by atoms with van der Waals surface area (Å²) in [5.74, 6) is 0.129. The van der Waals surface area contributed by atoms with E-state index >= 15 is 0 Å². The van der Waals surface area contributed by atoms with Crippen molar-refractivity contribution < 1.29 is 27.4 Å². The normalized spacial score (nSPS) is 15.9. The minimum Gasteiger partial charge on any atom is -0.490 e. The van der Waals surface area contributed by atoms with E-state index in [-0.39, 0.29) is 11.5 Å². The number of rotatable bonds is 4. The molecule has 0 bridgehead atoms. The van der Waals surface area contributed by atoms with E-state index in [1.54, 1.807) is 13.0 Å². The first-order chi connectivity index (χ1) is 9.96. The van der Waals surface area contributed by atoms with Gasteiger partial charge in [0.1, 0.15) is 0 Å². The summed E-state index contributed by atoms with van der Waals surface area (Å²) in [6.07, 6.45) is 0.732. The topological polar surface area (TPSA) is 78.9 Å². The fourth-order valence-corrected chi connectivity index (χ4v) is 3.17. The van der Waals surface area contributed by atoms with E-state index in [9.17, 15) is 13.2 Å². The highest BCUT2D eigenvalue weighted by Gasteiger charge is 2.31. The van der Waals surface area contributed by atoms with E-state index < -0.39 is 21.1 Å². The number of hydrogen-bond donors (Lipinski definition) is 0. The summed E-state index contributed by atoms with van der Waals surface area (Å²) >= 11 is 0. The number of benzene rings is 1. The zero-order valence-electron chi connectivity index (χ0n) is 12.0. The number of ether oxygens (including phenoxy) is 3. The van der Waals surface area contributed by atoms with E-state index in [4.69, 9.17) is 14.2 Å². The van der Waals surface area contributed by atoms with Crippen molar-refractivity contribution in [2.75, 3.05) is 19.8 Å². The van der Waals surface area contributed by atoms with Crippen molar-refractivity contribution in [3.05, 3.63) is 18.2 Å². The molecule has 0 saturated heterocycles. The van der Waals surface area contributed by atoms with Crippen molar-refractivity contribution in [1.29, 1.82) is 0 Å². The zero-order chi connectivity index (χ0) is 15.5. The first-order valence-electron chi connectivity index (χ1n) is 6.77. The number of carbonyl (C=O) groups excluding carboxylic acids is 1. The average molecular weight is 314 g/mol. The molecule has 0 spiro atoms. The number of sulfone groups is 1. The van der Waals surface area contributed by atoms with Crippen LogP contribution < -0.4 is 9.47 Å². The second-order valence-corrected chi connectivity index (χ2v) is 6.87. The second-order valence-electron chi connectivity index (χ2n) is 4.60. The van der Waals surface area contributed by atoms with E-state index in [1.165, 1.54) is 19.1 Å². The largest absolute Gasteiger partial charge is 0.490 e. The van der Waals surface area contributed by atoms with Crippen molar-refractivity contribution in [1.82, 2.24) is 0 Å². The molecule has 1 heterocycles. The van der Waals surface area contributed by atoms with Gasteiger partial charge in [-0.25, -0.2) is 8.42 Å². The molecule has 1 aliphatic heterocycles. The summed E-state index contributed by atoms with van der Waals surface area (Å²) < 4.78 is 40.5. The highest BCUT2D eigenvalue weighted by molar-refractivity contribution is 7.92. The maximum atomic E-state index is 12.4. The molecular formula is C14H18O6S. The number of carbonyl (C=O) groups is 1. The molecule has 1 aromatic rings. The highest BCUT2D eigenvalue weighted by Crippen LogP contribution is 2.33. The van der Waals surface area contributed by atoms with Gasteiger partial charge in [0, 0.05) is 12.5 Å². The van der Waals surface area contributed by atoms with Gasteiger partial charge in [0.05, 0.1) is 24.7 Å². The van der Waals surface area contributed by atoms with Crippen molar-refractivity contribution in [2.45, 2.75) is 30.4 Å². The monoisotopic (exact) mass is 314 g/mol. The van der Waals surface area contributed by atoms with Gasteiger partial charge in [0.25, 0.3) is 0 Å². The minimum atomic E-state index is -3.82. The second kappa shape index (κ2) is 6.34. The van der Waals surface area contributed by atoms with Gasteiger partial charge in [0.2, 0.25) is 0 Å². The Balaban J connectivity index is 2.32. The van der Waals surface area contributed by atoms with Gasteiger partial charge in [-0.15, -0.1) is 0 Å². The lowest BCUT2D eigenvalue weighted by Gasteiger charge is -2.14. The molecule has 1 atom stereocenters. The van der Waals surface area contributed by atoms with Crippen LogP contribution in [0.25, 0.3) is 0 Å². The molecule has 0 saturated carbocycles. The molecule has 1 aliphatic rings. The summed E-state index contributed by atoms with van der Waals surface area (Å²) in [7, 11) is -3.82. The van der Waals surface area contributed by atoms with E-state index in [2.05, 4.69) is 0 Å². The fraction of sp³-hybridized carbons (Fsp3) is 0.500. The van der Waals surface area contributed by atoms with E-state index in [0.29, 0.717) is 24.7 Å². The maximum absolute atomic E-state index is 12.4. The van der Waals surface area contributed by atoms with Crippen molar-refractivity contribution in [2.24, 2.45) is 0 Å². The Morgan fingerprint density at radius 3 is 2.62 bits per heavy atom. The smallest absolute Gasteiger partial charge is 0.324 e. The van der Waals surface area contributed by atoms with Gasteiger partial charge in [-0.2, -0.15) is 0 Å². The van der Waals surface area contributed by atoms with Gasteiger partial charge < -0.3 is 14.2 Å². The number of esters is 1. The molecule has 0 amide bonds. The van der Waals surface area contributed by atoms with Crippen LogP contribution in [-0.2, 0) is 19.4 Å². The lowest BCUT2D eigenvalue weighted by molar-refractivity contribution is -0.142. The maximum Gasteiger partial charge on any atom is 0.324 e. The Morgan fingerprint density at radius 1 is 1.29 bits per heavy atom. The first kappa shape index (κ1) is 15.6. The molecule has 1 aromatic carbocycles. The van der Waals surface area contributed by atoms with Crippen LogP contribution in [0.3, 0.4) is 0 Å². The van der Waals surface area contributed by atoms with E-state index in [0.717, 1.165) is 6.42 Å². The van der Waals surface area contributed by atoms with Crippen LogP contribution in [0.2, 0.25) is 0 Å². The Hall–Kier alpha value is -1.76. The Morgan fingerprint density at radius 2 is 1.95 bits per heavy atom. The summed E-state index contributed by atoms with van der Waals surface area (Å²) in [5.41, 5.74) is 0. The van der Waals surface area contributed by atoms with E-state index in [1.807, 2.05) is 0 Å². The molecule has 21 heavy (non-hydrogen) atoms. The van der Waals surface area contributed by atoms with Gasteiger partial charge in [-0.3, -0.25) is 4.79 Å². The molecule has 0 fully saturated rings. The van der Waals surface area contributed by atoms with Gasteiger partial charge in [-0.1, -0.05) is 0 Å². The van der Waals surface area contributed by atoms with Crippen LogP contribution in [0.15, 0.2) is 23.1 Å². The number of fused-ring (bicyclic) bond motifs is 1. The van der Waals surface area contributed by atoms with Crippen molar-refractivity contribution in [3.63, 3.8) is 0 Å². The predicted molar refractivity (Wildman–Crippen MR) is 75.3 cm³/mol. The lowest BCUT2D eigenvalue weighted by atomic mass is 10.3. The van der Waals surface area contributed by atoms with Crippen molar-refractivity contribution >= 4 is 15.8 Å². The molecule has 0 N–H and O–H groups in total. The summed E-state index contributed by atoms with van der Waals surface area (Å²) in [5, 5.41) is -1.26. The molecule has 2 rings (SSSR count). The van der Waals surface area contributed by atoms with Gasteiger partial charge >= 0.3 is 5.97 Å². The molecule has 0 aliphatic carbocycles. The third-order valence-corrected chi connectivity index (χ3v) is 5.17. The van der Waals surface area contributed by atoms with Gasteiger partial charge in [-0.05, 0) is 26.0 Å². The third-order valence-electron chi connectivity index (χ3n) is 3.13. The van der Waals surface area contributed by atoms with Gasteiger partial charge in [0.15, 0.2) is 26.6 Å². The third kappa shape index (κ3) is 3.29. The molecule has 0 aromatic heterocycles. The standard InChI is InChI=1S/C14H18O6S/c1-3-18-14(15)10(2)21(16,17)11-5-6-12-13(9-11)20-8-4-7-19-12/h5-6,9-10H,3-4,7-8H2,1-2H3. The Labute approximate surface area is 123 Å². The summed E-state index contributed by atoms with van der Waals surface area (Å²) in [4.78, 5) is 11.7. The molecular weight excluding hydrogens is 296 g/mol. The van der Waals surface area contributed by atoms with Crippen molar-refractivity contribution in [3.8, 4) is 11.5 Å². The molecule has 116 valence electrons. The number of hydrogen-bond acceptors (Lipinski definition) is 6. The van der Waals surface area contributed by atoms with Crippen LogP contribution in [-0.4, -0.2) is 39.5 Å².